The van der Waals surface area contributed by atoms with Gasteiger partial charge in [0.1, 0.15) is 0 Å². The van der Waals surface area contributed by atoms with Crippen LogP contribution in [0.3, 0.4) is 0 Å². The molecule has 1 aromatic rings. The average molecular weight is 350 g/mol. The second-order valence-corrected chi connectivity index (χ2v) is 6.36. The third-order valence-electron chi connectivity index (χ3n) is 3.45. The molecule has 1 fully saturated rings. The van der Waals surface area contributed by atoms with Crippen molar-refractivity contribution in [3.05, 3.63) is 34.9 Å². The van der Waals surface area contributed by atoms with Gasteiger partial charge < -0.3 is 10.2 Å². The Balaban J connectivity index is 1.88. The molecule has 1 aliphatic rings. The van der Waals surface area contributed by atoms with E-state index in [1.807, 2.05) is 0 Å². The molecule has 0 bridgehead atoms. The highest BCUT2D eigenvalue weighted by Gasteiger charge is 2.27. The van der Waals surface area contributed by atoms with Gasteiger partial charge in [-0.2, -0.15) is 0 Å². The molecule has 0 aromatic heterocycles. The van der Waals surface area contributed by atoms with Crippen LogP contribution in [0.2, 0.25) is 5.02 Å². The van der Waals surface area contributed by atoms with Crippen LogP contribution in [0.5, 0.6) is 0 Å². The molecule has 2 rings (SSSR count). The van der Waals surface area contributed by atoms with Crippen molar-refractivity contribution in [2.24, 2.45) is 0 Å². The summed E-state index contributed by atoms with van der Waals surface area (Å²) in [5.74, 6) is -0.479. The number of nitrogens with one attached hydrogen (secondary N) is 1. The molecule has 0 atom stereocenters. The van der Waals surface area contributed by atoms with E-state index in [1.165, 1.54) is 0 Å². The molecule has 0 unspecified atom stereocenters. The first-order chi connectivity index (χ1) is 9.99. The summed E-state index contributed by atoms with van der Waals surface area (Å²) >= 11 is 17.1. The van der Waals surface area contributed by atoms with Crippen molar-refractivity contribution in [1.29, 1.82) is 0 Å². The average Bonchev–Trinajstić information content (AvgIpc) is 2.47. The van der Waals surface area contributed by atoms with Crippen LogP contribution in [0.1, 0.15) is 23.2 Å². The number of amides is 2. The lowest BCUT2D eigenvalue weighted by Crippen LogP contribution is -2.47. The smallest absolute Gasteiger partial charge is 0.255 e. The summed E-state index contributed by atoms with van der Waals surface area (Å²) in [6.07, 6.45) is 1.34. The first kappa shape index (κ1) is 16.4. The number of nitrogens with zero attached hydrogens (tertiary/aromatic N) is 1. The highest BCUT2D eigenvalue weighted by molar-refractivity contribution is 6.53. The molecule has 21 heavy (non-hydrogen) atoms. The van der Waals surface area contributed by atoms with E-state index in [2.05, 4.69) is 5.32 Å². The molecular formula is C14H15Cl3N2O2. The van der Waals surface area contributed by atoms with Gasteiger partial charge in [0.05, 0.1) is 10.6 Å². The van der Waals surface area contributed by atoms with Crippen molar-refractivity contribution >= 4 is 46.6 Å². The van der Waals surface area contributed by atoms with Crippen molar-refractivity contribution in [3.63, 3.8) is 0 Å². The second-order valence-electron chi connectivity index (χ2n) is 4.85. The molecule has 1 N–H and O–H groups in total. The normalized spacial score (nSPS) is 16.1. The van der Waals surface area contributed by atoms with Gasteiger partial charge in [0.15, 0.2) is 4.84 Å². The molecular weight excluding hydrogens is 335 g/mol. The molecule has 1 heterocycles. The number of likely N-dealkylation sites (tertiary alicyclic amines) is 1. The molecule has 0 radical (unpaired) electrons. The molecule has 2 amide bonds. The minimum Gasteiger partial charge on any atom is -0.349 e. The van der Waals surface area contributed by atoms with Crippen LogP contribution in [0.25, 0.3) is 0 Å². The number of piperidine rings is 1. The minimum atomic E-state index is -1.03. The van der Waals surface area contributed by atoms with E-state index >= 15 is 0 Å². The van der Waals surface area contributed by atoms with Crippen molar-refractivity contribution in [3.8, 4) is 0 Å². The van der Waals surface area contributed by atoms with Gasteiger partial charge in [-0.25, -0.2) is 0 Å². The Labute approximate surface area is 138 Å². The Morgan fingerprint density at radius 2 is 1.81 bits per heavy atom. The van der Waals surface area contributed by atoms with Gasteiger partial charge in [0.25, 0.3) is 11.8 Å². The van der Waals surface area contributed by atoms with Crippen molar-refractivity contribution in [2.45, 2.75) is 23.7 Å². The van der Waals surface area contributed by atoms with Crippen LogP contribution in [0.4, 0.5) is 0 Å². The predicted molar refractivity (Wildman–Crippen MR) is 84.0 cm³/mol. The third-order valence-corrected chi connectivity index (χ3v) is 4.15. The van der Waals surface area contributed by atoms with Crippen molar-refractivity contribution in [1.82, 2.24) is 10.2 Å². The highest BCUT2D eigenvalue weighted by Crippen LogP contribution is 2.18. The van der Waals surface area contributed by atoms with Crippen molar-refractivity contribution < 1.29 is 9.59 Å². The standard InChI is InChI=1S/C14H15Cl3N2O2/c15-11-4-2-1-3-10(11)13(20)18-9-5-7-19(8-6-9)14(21)12(16)17/h1-4,9,12H,5-8H2,(H,18,20). The largest absolute Gasteiger partial charge is 0.349 e. The fourth-order valence-corrected chi connectivity index (χ4v) is 2.79. The van der Waals surface area contributed by atoms with Gasteiger partial charge in [-0.15, -0.1) is 0 Å². The van der Waals surface area contributed by atoms with Gasteiger partial charge in [-0.1, -0.05) is 46.9 Å². The predicted octanol–water partition coefficient (Wildman–Crippen LogP) is 2.86. The van der Waals surface area contributed by atoms with E-state index in [9.17, 15) is 9.59 Å². The van der Waals surface area contributed by atoms with E-state index < -0.39 is 4.84 Å². The Morgan fingerprint density at radius 1 is 1.19 bits per heavy atom. The summed E-state index contributed by atoms with van der Waals surface area (Å²) < 4.78 is 0. The Kier molecular flexibility index (Phi) is 5.73. The van der Waals surface area contributed by atoms with Gasteiger partial charge >= 0.3 is 0 Å². The van der Waals surface area contributed by atoms with E-state index in [0.29, 0.717) is 36.5 Å². The van der Waals surface area contributed by atoms with Crippen LogP contribution in [-0.2, 0) is 4.79 Å². The highest BCUT2D eigenvalue weighted by atomic mass is 35.5. The van der Waals surface area contributed by atoms with Crippen LogP contribution >= 0.6 is 34.8 Å². The van der Waals surface area contributed by atoms with E-state index in [4.69, 9.17) is 34.8 Å². The second kappa shape index (κ2) is 7.34. The lowest BCUT2D eigenvalue weighted by molar-refractivity contribution is -0.130. The Bertz CT molecular complexity index is 529. The molecule has 1 aliphatic heterocycles. The third kappa shape index (κ3) is 4.25. The number of halogens is 3. The monoisotopic (exact) mass is 348 g/mol. The van der Waals surface area contributed by atoms with E-state index in [1.54, 1.807) is 29.2 Å². The molecule has 7 heteroatoms. The molecule has 0 spiro atoms. The number of hydrogen-bond acceptors (Lipinski definition) is 2. The lowest BCUT2D eigenvalue weighted by Gasteiger charge is -2.32. The number of benzene rings is 1. The van der Waals surface area contributed by atoms with E-state index in [0.717, 1.165) is 0 Å². The first-order valence-electron chi connectivity index (χ1n) is 6.61. The van der Waals surface area contributed by atoms with Gasteiger partial charge in [0.2, 0.25) is 0 Å². The maximum atomic E-state index is 12.1. The molecule has 0 saturated carbocycles. The molecule has 1 aromatic carbocycles. The number of carbonyl (C=O) groups excluding carboxylic acids is 2. The summed E-state index contributed by atoms with van der Waals surface area (Å²) in [5.41, 5.74) is 0.458. The molecule has 1 saturated heterocycles. The zero-order chi connectivity index (χ0) is 15.4. The quantitative estimate of drug-likeness (QED) is 0.853. The molecule has 4 nitrogen and oxygen atoms in total. The topological polar surface area (TPSA) is 49.4 Å². The maximum Gasteiger partial charge on any atom is 0.255 e. The minimum absolute atomic E-state index is 0.0157. The van der Waals surface area contributed by atoms with Gasteiger partial charge in [-0.05, 0) is 25.0 Å². The number of carbonyl (C=O) groups is 2. The summed E-state index contributed by atoms with van der Waals surface area (Å²) in [4.78, 5) is 24.4. The zero-order valence-electron chi connectivity index (χ0n) is 11.2. The number of hydrogen-bond donors (Lipinski definition) is 1. The summed E-state index contributed by atoms with van der Waals surface area (Å²) in [6.45, 7) is 1.06. The summed E-state index contributed by atoms with van der Waals surface area (Å²) in [5, 5.41) is 3.36. The number of alkyl halides is 2. The van der Waals surface area contributed by atoms with Crippen molar-refractivity contribution in [2.75, 3.05) is 13.1 Å². The summed E-state index contributed by atoms with van der Waals surface area (Å²) in [7, 11) is 0. The van der Waals surface area contributed by atoms with E-state index in [-0.39, 0.29) is 17.9 Å². The summed E-state index contributed by atoms with van der Waals surface area (Å²) in [6, 6.07) is 6.92. The van der Waals surface area contributed by atoms with Gasteiger partial charge in [0, 0.05) is 19.1 Å². The number of rotatable bonds is 3. The maximum absolute atomic E-state index is 12.1. The van der Waals surface area contributed by atoms with Crippen LogP contribution in [0, 0.1) is 0 Å². The SMILES string of the molecule is O=C(NC1CCN(C(=O)C(Cl)Cl)CC1)c1ccccc1Cl. The first-order valence-corrected chi connectivity index (χ1v) is 7.86. The van der Waals surface area contributed by atoms with Crippen LogP contribution < -0.4 is 5.32 Å². The Hall–Kier alpha value is -0.970. The molecule has 114 valence electrons. The Morgan fingerprint density at radius 3 is 2.38 bits per heavy atom. The fraction of sp³-hybridized carbons (Fsp3) is 0.429. The fourth-order valence-electron chi connectivity index (χ4n) is 2.29. The van der Waals surface area contributed by atoms with Crippen LogP contribution in [0.15, 0.2) is 24.3 Å². The zero-order valence-corrected chi connectivity index (χ0v) is 13.5. The molecule has 0 aliphatic carbocycles. The van der Waals surface area contributed by atoms with Gasteiger partial charge in [-0.3, -0.25) is 9.59 Å². The van der Waals surface area contributed by atoms with Crippen LogP contribution in [-0.4, -0.2) is 40.7 Å². The lowest BCUT2D eigenvalue weighted by atomic mass is 10.0.